The van der Waals surface area contributed by atoms with Crippen molar-refractivity contribution in [2.75, 3.05) is 19.0 Å². The largest absolute Gasteiger partial charge is 0.487 e. The zero-order valence-electron chi connectivity index (χ0n) is 19.2. The van der Waals surface area contributed by atoms with Crippen LogP contribution in [0.5, 0.6) is 5.75 Å². The van der Waals surface area contributed by atoms with Gasteiger partial charge in [0.1, 0.15) is 24.0 Å². The van der Waals surface area contributed by atoms with E-state index in [-0.39, 0.29) is 17.6 Å². The fourth-order valence-electron chi connectivity index (χ4n) is 3.71. The maximum absolute atomic E-state index is 15.1. The maximum Gasteiger partial charge on any atom is 0.166 e. The van der Waals surface area contributed by atoms with Crippen molar-refractivity contribution in [3.63, 3.8) is 0 Å². The average Bonchev–Trinajstić information content (AvgIpc) is 3.51. The number of anilines is 2. The summed E-state index contributed by atoms with van der Waals surface area (Å²) in [7, 11) is 1.59. The number of thiazole rings is 1. The van der Waals surface area contributed by atoms with Gasteiger partial charge in [-0.3, -0.25) is 4.79 Å². The Morgan fingerprint density at radius 1 is 1.23 bits per heavy atom. The molecule has 0 saturated carbocycles. The number of benzene rings is 2. The number of aromatic nitrogens is 5. The molecule has 0 spiro atoms. The van der Waals surface area contributed by atoms with Gasteiger partial charge in [0.05, 0.1) is 56.4 Å². The van der Waals surface area contributed by atoms with Gasteiger partial charge in [0, 0.05) is 19.4 Å². The van der Waals surface area contributed by atoms with Crippen molar-refractivity contribution >= 4 is 49.7 Å². The molecule has 0 bridgehead atoms. The second-order valence-electron chi connectivity index (χ2n) is 7.93. The van der Waals surface area contributed by atoms with Crippen LogP contribution in [0.15, 0.2) is 48.5 Å². The molecule has 3 aromatic heterocycles. The minimum atomic E-state index is -0.406. The van der Waals surface area contributed by atoms with Crippen LogP contribution >= 0.6 is 11.3 Å². The van der Waals surface area contributed by atoms with Crippen molar-refractivity contribution in [1.29, 1.82) is 0 Å². The lowest BCUT2D eigenvalue weighted by atomic mass is 10.1. The summed E-state index contributed by atoms with van der Waals surface area (Å²) in [4.78, 5) is 24.7. The lowest BCUT2D eigenvalue weighted by Gasteiger charge is -2.18. The lowest BCUT2D eigenvalue weighted by molar-refractivity contribution is 0.0931. The highest BCUT2D eigenvalue weighted by Crippen LogP contribution is 2.36. The van der Waals surface area contributed by atoms with Crippen LogP contribution in [-0.4, -0.2) is 50.3 Å². The number of rotatable bonds is 8. The number of hydrogen-bond acceptors (Lipinski definition) is 9. The van der Waals surface area contributed by atoms with Crippen LogP contribution in [0.4, 0.5) is 15.9 Å². The molecule has 0 fully saturated rings. The summed E-state index contributed by atoms with van der Waals surface area (Å²) in [5.74, 6) is 0.353. The van der Waals surface area contributed by atoms with Crippen molar-refractivity contribution in [2.45, 2.75) is 20.0 Å². The zero-order chi connectivity index (χ0) is 24.5. The standard InChI is InChI=1S/C24H21FN6O3S/c1-13(10-33-3)34-20-7-16(31-9-15(8-29-31)14(2)32)6-19-21(20)24(27-11-26-19)30-17-4-5-18-23(22(17)25)35-12-28-18/h4-9,11-13H,10H2,1-3H3,(H,26,27,30)/t13-/m1/s1. The molecule has 5 rings (SSSR count). The molecule has 1 N–H and O–H groups in total. The van der Waals surface area contributed by atoms with Crippen LogP contribution < -0.4 is 10.1 Å². The van der Waals surface area contributed by atoms with Gasteiger partial charge in [0.15, 0.2) is 11.6 Å². The maximum atomic E-state index is 15.1. The molecule has 0 aliphatic carbocycles. The van der Waals surface area contributed by atoms with E-state index in [1.807, 2.05) is 6.92 Å². The molecule has 1 atom stereocenters. The van der Waals surface area contributed by atoms with Crippen LogP contribution in [0.25, 0.3) is 26.8 Å². The molecule has 0 aliphatic rings. The predicted octanol–water partition coefficient (Wildman–Crippen LogP) is 4.92. The Morgan fingerprint density at radius 2 is 2.09 bits per heavy atom. The zero-order valence-corrected chi connectivity index (χ0v) is 20.0. The first-order valence-electron chi connectivity index (χ1n) is 10.7. The molecule has 178 valence electrons. The Labute approximate surface area is 203 Å². The van der Waals surface area contributed by atoms with Crippen molar-refractivity contribution < 1.29 is 18.7 Å². The number of carbonyl (C=O) groups is 1. The van der Waals surface area contributed by atoms with E-state index in [9.17, 15) is 4.79 Å². The Balaban J connectivity index is 1.64. The molecule has 0 amide bonds. The Kier molecular flexibility index (Phi) is 6.10. The van der Waals surface area contributed by atoms with Crippen molar-refractivity contribution in [1.82, 2.24) is 24.7 Å². The highest BCUT2D eigenvalue weighted by Gasteiger charge is 2.18. The SMILES string of the molecule is COC[C@@H](C)Oc1cc(-n2cc(C(C)=O)cn2)cc2ncnc(Nc3ccc4ncsc4c3F)c12. The predicted molar refractivity (Wildman–Crippen MR) is 131 cm³/mol. The third kappa shape index (κ3) is 4.43. The van der Waals surface area contributed by atoms with Gasteiger partial charge in [-0.25, -0.2) is 24.0 Å². The van der Waals surface area contributed by atoms with Crippen LogP contribution in [0, 0.1) is 5.82 Å². The van der Waals surface area contributed by atoms with E-state index in [2.05, 4.69) is 25.4 Å². The molecule has 0 radical (unpaired) electrons. The lowest BCUT2D eigenvalue weighted by Crippen LogP contribution is -2.18. The third-order valence-corrected chi connectivity index (χ3v) is 6.20. The Hall–Kier alpha value is -3.96. The number of nitrogens with one attached hydrogen (secondary N) is 1. The van der Waals surface area contributed by atoms with Gasteiger partial charge < -0.3 is 14.8 Å². The minimum Gasteiger partial charge on any atom is -0.487 e. The fourth-order valence-corrected chi connectivity index (χ4v) is 4.44. The minimum absolute atomic E-state index is 0.0871. The van der Waals surface area contributed by atoms with Gasteiger partial charge in [0.2, 0.25) is 0 Å². The summed E-state index contributed by atoms with van der Waals surface area (Å²) in [6.45, 7) is 3.71. The van der Waals surface area contributed by atoms with Crippen LogP contribution in [-0.2, 0) is 4.74 Å². The number of hydrogen-bond donors (Lipinski definition) is 1. The summed E-state index contributed by atoms with van der Waals surface area (Å²) >= 11 is 1.23. The Bertz CT molecular complexity index is 1550. The van der Waals surface area contributed by atoms with Crippen molar-refractivity contribution in [3.05, 3.63) is 59.9 Å². The van der Waals surface area contributed by atoms with E-state index in [1.54, 1.807) is 47.8 Å². The summed E-state index contributed by atoms with van der Waals surface area (Å²) in [5.41, 5.74) is 4.15. The van der Waals surface area contributed by atoms with Crippen LogP contribution in [0.2, 0.25) is 0 Å². The van der Waals surface area contributed by atoms with Crippen molar-refractivity contribution in [2.24, 2.45) is 0 Å². The number of methoxy groups -OCH3 is 1. The first-order valence-corrected chi connectivity index (χ1v) is 11.6. The van der Waals surface area contributed by atoms with Gasteiger partial charge >= 0.3 is 0 Å². The van der Waals surface area contributed by atoms with Crippen LogP contribution in [0.1, 0.15) is 24.2 Å². The molecule has 0 unspecified atom stereocenters. The highest BCUT2D eigenvalue weighted by molar-refractivity contribution is 7.16. The van der Waals surface area contributed by atoms with E-state index in [0.29, 0.717) is 50.5 Å². The summed E-state index contributed by atoms with van der Waals surface area (Å²) in [5, 5.41) is 7.97. The number of fused-ring (bicyclic) bond motifs is 2. The second kappa shape index (κ2) is 9.35. The number of carbonyl (C=O) groups excluding carboxylic acids is 1. The molecule has 5 aromatic rings. The smallest absolute Gasteiger partial charge is 0.166 e. The summed E-state index contributed by atoms with van der Waals surface area (Å²) < 4.78 is 28.6. The van der Waals surface area contributed by atoms with Gasteiger partial charge in [-0.05, 0) is 32.0 Å². The second-order valence-corrected chi connectivity index (χ2v) is 8.78. The van der Waals surface area contributed by atoms with Crippen molar-refractivity contribution in [3.8, 4) is 11.4 Å². The quantitative estimate of drug-likeness (QED) is 0.304. The molecule has 3 heterocycles. The van der Waals surface area contributed by atoms with E-state index in [0.717, 1.165) is 0 Å². The number of ketones is 1. The summed E-state index contributed by atoms with van der Waals surface area (Å²) in [6.07, 6.45) is 4.25. The van der Waals surface area contributed by atoms with Gasteiger partial charge in [-0.2, -0.15) is 5.10 Å². The fraction of sp³-hybridized carbons (Fsp3) is 0.208. The van der Waals surface area contributed by atoms with Crippen LogP contribution in [0.3, 0.4) is 0 Å². The van der Waals surface area contributed by atoms with Gasteiger partial charge in [-0.1, -0.05) is 0 Å². The van der Waals surface area contributed by atoms with E-state index < -0.39 is 5.82 Å². The number of ether oxygens (including phenoxy) is 2. The summed E-state index contributed by atoms with van der Waals surface area (Å²) in [6, 6.07) is 6.96. The molecular weight excluding hydrogens is 471 g/mol. The molecule has 9 nitrogen and oxygen atoms in total. The monoisotopic (exact) mass is 492 g/mol. The van der Waals surface area contributed by atoms with E-state index in [4.69, 9.17) is 9.47 Å². The number of nitrogens with zero attached hydrogens (tertiary/aromatic N) is 5. The number of halogens is 1. The molecule has 35 heavy (non-hydrogen) atoms. The molecule has 11 heteroatoms. The molecule has 0 aliphatic heterocycles. The topological polar surface area (TPSA) is 104 Å². The first-order chi connectivity index (χ1) is 16.9. The van der Waals surface area contributed by atoms with E-state index >= 15 is 4.39 Å². The normalized spacial score (nSPS) is 12.2. The Morgan fingerprint density at radius 3 is 2.86 bits per heavy atom. The molecule has 0 saturated heterocycles. The highest BCUT2D eigenvalue weighted by atomic mass is 32.1. The van der Waals surface area contributed by atoms with E-state index in [1.165, 1.54) is 30.8 Å². The third-order valence-electron chi connectivity index (χ3n) is 5.36. The number of Topliss-reactive ketones (excluding diaryl/α,β-unsaturated/α-hetero) is 1. The van der Waals surface area contributed by atoms with Gasteiger partial charge in [-0.15, -0.1) is 11.3 Å². The first kappa shape index (κ1) is 22.8. The molecule has 2 aromatic carbocycles. The average molecular weight is 493 g/mol. The van der Waals surface area contributed by atoms with Gasteiger partial charge in [0.25, 0.3) is 0 Å². The molecular formula is C24H21FN6O3S.